The van der Waals surface area contributed by atoms with Crippen LogP contribution in [0, 0.1) is 0 Å². The lowest BCUT2D eigenvalue weighted by molar-refractivity contribution is -0.466. The zero-order valence-corrected chi connectivity index (χ0v) is 12.1. The van der Waals surface area contributed by atoms with E-state index in [-0.39, 0.29) is 0 Å². The number of hydrogen-bond acceptors (Lipinski definition) is 3. The van der Waals surface area contributed by atoms with Gasteiger partial charge in [0.05, 0.1) is 14.1 Å². The van der Waals surface area contributed by atoms with Crippen LogP contribution in [0.5, 0.6) is 0 Å². The molecule has 0 unspecified atom stereocenters. The van der Waals surface area contributed by atoms with Gasteiger partial charge >= 0.3 is 5.96 Å². The molecule has 0 amide bonds. The lowest BCUT2D eigenvalue weighted by Gasteiger charge is -2.06. The monoisotopic (exact) mass is 283 g/mol. The van der Waals surface area contributed by atoms with Gasteiger partial charge in [-0.1, -0.05) is 5.11 Å². The summed E-state index contributed by atoms with van der Waals surface area (Å²) in [7, 11) is 3.63. The van der Waals surface area contributed by atoms with Crippen molar-refractivity contribution < 1.29 is 4.58 Å². The zero-order chi connectivity index (χ0) is 15.2. The number of nitrogens with one attached hydrogen (secondary N) is 1. The lowest BCUT2D eigenvalue weighted by atomic mass is 10.2. The first kappa shape index (κ1) is 14.5. The fourth-order valence-electron chi connectivity index (χ4n) is 1.54. The third kappa shape index (κ3) is 4.31. The van der Waals surface area contributed by atoms with Gasteiger partial charge in [-0.2, -0.15) is 0 Å². The van der Waals surface area contributed by atoms with Gasteiger partial charge in [-0.25, -0.2) is 0 Å². The van der Waals surface area contributed by atoms with Crippen molar-refractivity contribution in [2.24, 2.45) is 16.0 Å². The Hall–Kier alpha value is -2.89. The highest BCUT2D eigenvalue weighted by atomic mass is 15.2. The summed E-state index contributed by atoms with van der Waals surface area (Å²) in [6, 6.07) is 15.1. The van der Waals surface area contributed by atoms with E-state index in [1.807, 2.05) is 62.6 Å². The molecular formula is C15H19N6+. The van der Waals surface area contributed by atoms with Crippen molar-refractivity contribution in [1.82, 2.24) is 0 Å². The predicted octanol–water partition coefficient (Wildman–Crippen LogP) is 2.68. The molecule has 6 heteroatoms. The fraction of sp³-hybridized carbons (Fsp3) is 0.133. The Morgan fingerprint density at radius 2 is 1.48 bits per heavy atom. The molecule has 0 radical (unpaired) electrons. The molecule has 0 spiro atoms. The van der Waals surface area contributed by atoms with Gasteiger partial charge in [0.1, 0.15) is 5.69 Å². The van der Waals surface area contributed by atoms with Gasteiger partial charge in [-0.15, -0.1) is 0 Å². The van der Waals surface area contributed by atoms with E-state index in [0.29, 0.717) is 5.96 Å². The lowest BCUT2D eigenvalue weighted by Crippen LogP contribution is -2.19. The Bertz CT molecular complexity index is 652. The smallest absolute Gasteiger partial charge is 0.399 e. The summed E-state index contributed by atoms with van der Waals surface area (Å²) in [4.78, 5) is 0. The number of nitrogens with two attached hydrogens (primary N) is 2. The third-order valence-corrected chi connectivity index (χ3v) is 2.79. The van der Waals surface area contributed by atoms with Crippen LogP contribution in [0.25, 0.3) is 0 Å². The number of nitrogens with zero attached hydrogens (tertiary/aromatic N) is 3. The molecule has 0 aromatic heterocycles. The molecule has 0 aliphatic carbocycles. The Morgan fingerprint density at radius 3 is 2.00 bits per heavy atom. The maximum absolute atomic E-state index is 5.67. The standard InChI is InChI=1S/C15H18N6/c1-21(2)15(17)20-19-14-9-7-13(8-10-14)18-12-5-3-11(16)4-6-12/h3-10H,1-2H3,(H4,16,17,18,19,20)/p+1. The Kier molecular flexibility index (Phi) is 4.50. The molecule has 108 valence electrons. The molecule has 2 aromatic rings. The second-order valence-corrected chi connectivity index (χ2v) is 4.75. The number of hydrogen-bond donors (Lipinski definition) is 3. The Balaban J connectivity index is 2.05. The van der Waals surface area contributed by atoms with Crippen LogP contribution in [0.1, 0.15) is 0 Å². The molecule has 0 fully saturated rings. The minimum absolute atomic E-state index is 0.360. The molecule has 5 N–H and O–H groups in total. The normalized spacial score (nSPS) is 10.6. The molecule has 0 bridgehead atoms. The molecule has 0 heterocycles. The van der Waals surface area contributed by atoms with Crippen molar-refractivity contribution in [1.29, 1.82) is 0 Å². The molecule has 2 aromatic carbocycles. The second-order valence-electron chi connectivity index (χ2n) is 4.75. The minimum atomic E-state index is 0.360. The average Bonchev–Trinajstić information content (AvgIpc) is 2.48. The summed E-state index contributed by atoms with van der Waals surface area (Å²) < 4.78 is 1.69. The SMILES string of the molecule is C[N+](C)=C(N)N=Nc1ccc(Nc2ccc(N)cc2)cc1. The van der Waals surface area contributed by atoms with Crippen molar-refractivity contribution in [2.45, 2.75) is 0 Å². The van der Waals surface area contributed by atoms with Crippen molar-refractivity contribution >= 4 is 28.7 Å². The number of nitrogen functional groups attached to an aromatic ring is 1. The van der Waals surface area contributed by atoms with Gasteiger partial charge in [0.2, 0.25) is 0 Å². The number of azo groups is 1. The van der Waals surface area contributed by atoms with Crippen molar-refractivity contribution in [3.05, 3.63) is 48.5 Å². The van der Waals surface area contributed by atoms with Crippen LogP contribution < -0.4 is 16.8 Å². The fourth-order valence-corrected chi connectivity index (χ4v) is 1.54. The molecule has 21 heavy (non-hydrogen) atoms. The number of guanidine groups is 1. The largest absolute Gasteiger partial charge is 0.407 e. The van der Waals surface area contributed by atoms with Gasteiger partial charge in [0, 0.05) is 22.2 Å². The van der Waals surface area contributed by atoms with E-state index < -0.39 is 0 Å². The maximum Gasteiger partial charge on any atom is 0.407 e. The van der Waals surface area contributed by atoms with Gasteiger partial charge in [0.15, 0.2) is 0 Å². The highest BCUT2D eigenvalue weighted by Gasteiger charge is 2.00. The van der Waals surface area contributed by atoms with Crippen LogP contribution >= 0.6 is 0 Å². The van der Waals surface area contributed by atoms with E-state index in [0.717, 1.165) is 22.7 Å². The van der Waals surface area contributed by atoms with E-state index in [2.05, 4.69) is 15.5 Å². The van der Waals surface area contributed by atoms with Gasteiger partial charge < -0.3 is 11.1 Å². The molecule has 0 atom stereocenters. The van der Waals surface area contributed by atoms with Crippen molar-refractivity contribution in [3.8, 4) is 0 Å². The molecule has 0 aliphatic rings. The summed E-state index contributed by atoms with van der Waals surface area (Å²) in [6.45, 7) is 0. The molecular weight excluding hydrogens is 264 g/mol. The summed E-state index contributed by atoms with van der Waals surface area (Å²) in [5.41, 5.74) is 14.7. The Labute approximate surface area is 123 Å². The van der Waals surface area contributed by atoms with Crippen LogP contribution in [0.2, 0.25) is 0 Å². The van der Waals surface area contributed by atoms with Gasteiger partial charge in [-0.05, 0) is 48.5 Å². The highest BCUT2D eigenvalue weighted by Crippen LogP contribution is 2.21. The maximum atomic E-state index is 5.67. The first-order valence-corrected chi connectivity index (χ1v) is 6.49. The topological polar surface area (TPSA) is 91.8 Å². The second kappa shape index (κ2) is 6.51. The van der Waals surface area contributed by atoms with E-state index >= 15 is 0 Å². The quantitative estimate of drug-likeness (QED) is 0.266. The van der Waals surface area contributed by atoms with Crippen LogP contribution in [0.3, 0.4) is 0 Å². The van der Waals surface area contributed by atoms with E-state index in [1.165, 1.54) is 0 Å². The van der Waals surface area contributed by atoms with Crippen LogP contribution in [-0.2, 0) is 0 Å². The first-order chi connectivity index (χ1) is 10.0. The summed E-state index contributed by atoms with van der Waals surface area (Å²) in [5.74, 6) is 0.360. The van der Waals surface area contributed by atoms with Crippen LogP contribution in [0.15, 0.2) is 58.8 Å². The third-order valence-electron chi connectivity index (χ3n) is 2.79. The summed E-state index contributed by atoms with van der Waals surface area (Å²) in [6.07, 6.45) is 0. The number of rotatable bonds is 3. The van der Waals surface area contributed by atoms with Crippen LogP contribution in [0.4, 0.5) is 22.7 Å². The van der Waals surface area contributed by atoms with E-state index in [4.69, 9.17) is 11.5 Å². The predicted molar refractivity (Wildman–Crippen MR) is 86.4 cm³/mol. The molecule has 2 rings (SSSR count). The van der Waals surface area contributed by atoms with E-state index in [1.54, 1.807) is 4.58 Å². The molecule has 0 aliphatic heterocycles. The average molecular weight is 283 g/mol. The van der Waals surface area contributed by atoms with Crippen molar-refractivity contribution in [2.75, 3.05) is 25.1 Å². The highest BCUT2D eigenvalue weighted by molar-refractivity contribution is 5.73. The number of benzene rings is 2. The van der Waals surface area contributed by atoms with Crippen LogP contribution in [-0.4, -0.2) is 24.6 Å². The molecule has 0 saturated heterocycles. The number of anilines is 3. The summed E-state index contributed by atoms with van der Waals surface area (Å²) >= 11 is 0. The Morgan fingerprint density at radius 1 is 0.952 bits per heavy atom. The first-order valence-electron chi connectivity index (χ1n) is 6.49. The summed E-state index contributed by atoms with van der Waals surface area (Å²) in [5, 5.41) is 11.3. The molecule has 6 nitrogen and oxygen atoms in total. The van der Waals surface area contributed by atoms with Gasteiger partial charge in [0.25, 0.3) is 0 Å². The van der Waals surface area contributed by atoms with Gasteiger partial charge in [-0.3, -0.25) is 10.3 Å². The van der Waals surface area contributed by atoms with E-state index in [9.17, 15) is 0 Å². The zero-order valence-electron chi connectivity index (χ0n) is 12.1. The molecule has 0 saturated carbocycles. The minimum Gasteiger partial charge on any atom is -0.399 e. The van der Waals surface area contributed by atoms with Crippen molar-refractivity contribution in [3.63, 3.8) is 0 Å².